The predicted octanol–water partition coefficient (Wildman–Crippen LogP) is 7.07. The van der Waals surface area contributed by atoms with Gasteiger partial charge in [-0.05, 0) is 0 Å². The van der Waals surface area contributed by atoms with Gasteiger partial charge in [0.15, 0.2) is 0 Å². The maximum atomic E-state index is 4.83. The standard InChI is InChI=1S/2C15H12N.Zr/c2*1-11-6-7-15(16-10-11)14-8-12-4-2-3-5-13(12)9-14;/h2*2-10H,1H3;. The average Bonchev–Trinajstić information content (AvgIpc) is 3.39. The molecule has 2 nitrogen and oxygen atoms in total. The molecule has 2 atom stereocenters. The van der Waals surface area contributed by atoms with Gasteiger partial charge in [-0.2, -0.15) is 0 Å². The normalized spacial score (nSPS) is 18.4. The third-order valence-electron chi connectivity index (χ3n) is 6.61. The zero-order valence-electron chi connectivity index (χ0n) is 18.8. The molecule has 6 rings (SSSR count). The van der Waals surface area contributed by atoms with E-state index in [0.29, 0.717) is 7.25 Å². The van der Waals surface area contributed by atoms with E-state index in [1.165, 1.54) is 44.5 Å². The van der Waals surface area contributed by atoms with E-state index in [-0.39, 0.29) is 0 Å². The number of aromatic nitrogens is 2. The van der Waals surface area contributed by atoms with Gasteiger partial charge >= 0.3 is 208 Å². The Balaban J connectivity index is 1.44. The van der Waals surface area contributed by atoms with Gasteiger partial charge in [-0.3, -0.25) is 0 Å². The molecule has 2 aliphatic rings. The predicted molar refractivity (Wildman–Crippen MR) is 132 cm³/mol. The summed E-state index contributed by atoms with van der Waals surface area (Å²) in [6, 6.07) is 26.6. The van der Waals surface area contributed by atoms with Crippen LogP contribution in [0.15, 0.2) is 85.2 Å². The van der Waals surface area contributed by atoms with E-state index in [2.05, 4.69) is 98.8 Å². The Morgan fingerprint density at radius 2 is 1.03 bits per heavy atom. The molecule has 0 bridgehead atoms. The molecule has 0 saturated heterocycles. The van der Waals surface area contributed by atoms with E-state index in [0.717, 1.165) is 11.4 Å². The molecular weight excluding hydrogens is 480 g/mol. The molecule has 158 valence electrons. The van der Waals surface area contributed by atoms with Gasteiger partial charge in [0.1, 0.15) is 0 Å². The van der Waals surface area contributed by atoms with Crippen molar-refractivity contribution in [3.8, 4) is 0 Å². The molecule has 3 heteroatoms. The van der Waals surface area contributed by atoms with E-state index in [9.17, 15) is 0 Å². The van der Waals surface area contributed by atoms with Gasteiger partial charge in [0.05, 0.1) is 0 Å². The fourth-order valence-corrected chi connectivity index (χ4v) is 9.91. The monoisotopic (exact) mass is 502 g/mol. The molecule has 2 heterocycles. The number of rotatable bonds is 4. The van der Waals surface area contributed by atoms with Gasteiger partial charge < -0.3 is 0 Å². The molecule has 0 radical (unpaired) electrons. The quantitative estimate of drug-likeness (QED) is 0.298. The van der Waals surface area contributed by atoms with Gasteiger partial charge in [0, 0.05) is 0 Å². The second kappa shape index (κ2) is 8.47. The minimum atomic E-state index is -1.05. The summed E-state index contributed by atoms with van der Waals surface area (Å²) in [7, 11) is 0. The van der Waals surface area contributed by atoms with Crippen molar-refractivity contribution in [1.29, 1.82) is 0 Å². The fraction of sp³-hybridized carbons (Fsp3) is 0.133. The summed E-state index contributed by atoms with van der Waals surface area (Å²) in [4.78, 5) is 9.66. The maximum absolute atomic E-state index is 4.83. The van der Waals surface area contributed by atoms with Crippen LogP contribution in [0, 0.1) is 13.8 Å². The molecule has 0 saturated carbocycles. The SMILES string of the molecule is Cc1ccc(C2=Cc3ccccc3[CH]2[Zr][CH]2C(c3ccc(C)cn3)=Cc3ccccc32)nc1. The molecule has 2 aliphatic carbocycles. The summed E-state index contributed by atoms with van der Waals surface area (Å²) in [5, 5.41) is 0. The molecule has 0 N–H and O–H groups in total. The van der Waals surface area contributed by atoms with Crippen molar-refractivity contribution in [1.82, 2.24) is 9.97 Å². The van der Waals surface area contributed by atoms with Crippen LogP contribution < -0.4 is 0 Å². The molecule has 0 aliphatic heterocycles. The summed E-state index contributed by atoms with van der Waals surface area (Å²) in [6.45, 7) is 4.20. The van der Waals surface area contributed by atoms with Crippen LogP contribution in [0.25, 0.3) is 23.3 Å². The van der Waals surface area contributed by atoms with Crippen molar-refractivity contribution in [2.45, 2.75) is 21.1 Å². The van der Waals surface area contributed by atoms with Gasteiger partial charge in [0.25, 0.3) is 0 Å². The van der Waals surface area contributed by atoms with Crippen LogP contribution in [0.4, 0.5) is 0 Å². The second-order valence-corrected chi connectivity index (χ2v) is 12.6. The van der Waals surface area contributed by atoms with Gasteiger partial charge in [-0.1, -0.05) is 0 Å². The number of fused-ring (bicyclic) bond motifs is 2. The van der Waals surface area contributed by atoms with Crippen LogP contribution in [0.1, 0.15) is 52.0 Å². The van der Waals surface area contributed by atoms with Crippen molar-refractivity contribution in [3.05, 3.63) is 130 Å². The summed E-state index contributed by atoms with van der Waals surface area (Å²) in [5.74, 6) is 0. The summed E-state index contributed by atoms with van der Waals surface area (Å²) >= 11 is -1.05. The Morgan fingerprint density at radius 1 is 0.576 bits per heavy atom. The number of allylic oxidation sites excluding steroid dienone is 2. The summed E-state index contributed by atoms with van der Waals surface area (Å²) in [5.41, 5.74) is 13.1. The Bertz CT molecular complexity index is 1290. The Morgan fingerprint density at radius 3 is 1.45 bits per heavy atom. The van der Waals surface area contributed by atoms with Gasteiger partial charge in [0.2, 0.25) is 0 Å². The number of hydrogen-bond acceptors (Lipinski definition) is 2. The number of benzene rings is 2. The summed E-state index contributed by atoms with van der Waals surface area (Å²) in [6.07, 6.45) is 8.75. The van der Waals surface area contributed by atoms with Crippen LogP contribution >= 0.6 is 0 Å². The first kappa shape index (κ1) is 20.7. The third kappa shape index (κ3) is 3.79. The topological polar surface area (TPSA) is 25.8 Å². The Kier molecular flexibility index (Phi) is 5.31. The van der Waals surface area contributed by atoms with Crippen LogP contribution in [-0.2, 0) is 23.2 Å². The first-order valence-corrected chi connectivity index (χ1v) is 14.2. The molecule has 4 aromatic rings. The molecule has 2 aromatic carbocycles. The molecule has 2 aromatic heterocycles. The van der Waals surface area contributed by atoms with Crippen LogP contribution in [0.5, 0.6) is 0 Å². The van der Waals surface area contributed by atoms with Crippen molar-refractivity contribution < 1.29 is 23.2 Å². The number of hydrogen-bond donors (Lipinski definition) is 0. The van der Waals surface area contributed by atoms with Gasteiger partial charge in [-0.15, -0.1) is 0 Å². The molecule has 2 unspecified atom stereocenters. The van der Waals surface area contributed by atoms with Crippen LogP contribution in [0.2, 0.25) is 0 Å². The molecule has 0 spiro atoms. The summed E-state index contributed by atoms with van der Waals surface area (Å²) < 4.78 is 0.926. The van der Waals surface area contributed by atoms with E-state index in [1.807, 2.05) is 12.4 Å². The minimum absolute atomic E-state index is 0.463. The van der Waals surface area contributed by atoms with Crippen LogP contribution in [0.3, 0.4) is 0 Å². The Hall–Kier alpha value is -2.90. The number of aryl methyl sites for hydroxylation is 2. The Labute approximate surface area is 206 Å². The third-order valence-corrected chi connectivity index (χ3v) is 11.3. The molecule has 33 heavy (non-hydrogen) atoms. The van der Waals surface area contributed by atoms with Crippen molar-refractivity contribution in [2.75, 3.05) is 0 Å². The zero-order chi connectivity index (χ0) is 22.4. The zero-order valence-corrected chi connectivity index (χ0v) is 21.2. The van der Waals surface area contributed by atoms with Crippen LogP contribution in [-0.4, -0.2) is 9.97 Å². The molecule has 0 amide bonds. The first-order chi connectivity index (χ1) is 16.2. The molecule has 0 fully saturated rings. The number of nitrogens with zero attached hydrogens (tertiary/aromatic N) is 2. The van der Waals surface area contributed by atoms with Crippen molar-refractivity contribution >= 4 is 23.3 Å². The van der Waals surface area contributed by atoms with Gasteiger partial charge in [-0.25, -0.2) is 0 Å². The van der Waals surface area contributed by atoms with Crippen molar-refractivity contribution in [2.24, 2.45) is 0 Å². The van der Waals surface area contributed by atoms with Crippen molar-refractivity contribution in [3.63, 3.8) is 0 Å². The van der Waals surface area contributed by atoms with E-state index in [1.54, 1.807) is 0 Å². The molecular formula is C30H24N2Zr. The first-order valence-electron chi connectivity index (χ1n) is 11.4. The van der Waals surface area contributed by atoms with E-state index >= 15 is 0 Å². The van der Waals surface area contributed by atoms with E-state index < -0.39 is 23.2 Å². The van der Waals surface area contributed by atoms with E-state index in [4.69, 9.17) is 9.97 Å². The average molecular weight is 504 g/mol. The fourth-order valence-electron chi connectivity index (χ4n) is 4.89. The number of pyridine rings is 2. The second-order valence-electron chi connectivity index (χ2n) is 8.93.